The molecule has 0 bridgehead atoms. The Morgan fingerprint density at radius 1 is 0.756 bits per heavy atom. The highest BCUT2D eigenvalue weighted by Gasteiger charge is 2.29. The highest BCUT2D eigenvalue weighted by Crippen LogP contribution is 2.40. The first-order chi connectivity index (χ1) is 19.9. The summed E-state index contributed by atoms with van der Waals surface area (Å²) in [5.41, 5.74) is 5.00. The fourth-order valence-electron chi connectivity index (χ4n) is 5.12. The van der Waals surface area contributed by atoms with E-state index in [0.29, 0.717) is 50.1 Å². The van der Waals surface area contributed by atoms with Gasteiger partial charge in [-0.2, -0.15) is 10.5 Å². The number of benzene rings is 4. The molecule has 1 aromatic heterocycles. The minimum Gasteiger partial charge on any atom is -0.298 e. The van der Waals surface area contributed by atoms with Gasteiger partial charge in [0.2, 0.25) is 0 Å². The van der Waals surface area contributed by atoms with Gasteiger partial charge >= 0.3 is 0 Å². The number of halogens is 2. The quantitative estimate of drug-likeness (QED) is 0.223. The van der Waals surface area contributed by atoms with Gasteiger partial charge in [-0.05, 0) is 60.3 Å². The summed E-state index contributed by atoms with van der Waals surface area (Å²) in [5.74, 6) is -1.73. The van der Waals surface area contributed by atoms with E-state index in [9.17, 15) is 19.5 Å². The summed E-state index contributed by atoms with van der Waals surface area (Å²) in [6, 6.07) is 27.2. The number of hydrogen-bond donors (Lipinski definition) is 2. The van der Waals surface area contributed by atoms with E-state index in [-0.39, 0.29) is 22.4 Å². The third-order valence-corrected chi connectivity index (χ3v) is 7.16. The number of nitrogens with zero attached hydrogens (tertiary/aromatic N) is 4. The zero-order chi connectivity index (χ0) is 28.7. The van der Waals surface area contributed by atoms with Crippen molar-refractivity contribution in [2.45, 2.75) is 0 Å². The number of thiol groups is 1. The van der Waals surface area contributed by atoms with Gasteiger partial charge in [-0.1, -0.05) is 54.6 Å². The fourth-order valence-corrected chi connectivity index (χ4v) is 5.33. The Kier molecular flexibility index (Phi) is 6.47. The van der Waals surface area contributed by atoms with Crippen LogP contribution in [0.2, 0.25) is 0 Å². The van der Waals surface area contributed by atoms with E-state index < -0.39 is 11.6 Å². The molecule has 0 saturated heterocycles. The zero-order valence-corrected chi connectivity index (χ0v) is 22.0. The molecule has 8 heteroatoms. The molecule has 0 amide bonds. The molecule has 1 aliphatic rings. The Labute approximate surface area is 239 Å². The molecule has 194 valence electrons. The molecule has 5 nitrogen and oxygen atoms in total. The molecule has 1 aliphatic carbocycles. The molecular formula is C33H17F2N5S. The van der Waals surface area contributed by atoms with Crippen LogP contribution in [-0.4, -0.2) is 16.4 Å². The molecule has 1 N–H and O–H groups in total. The van der Waals surface area contributed by atoms with Crippen LogP contribution in [0.4, 0.5) is 8.78 Å². The second-order valence-electron chi connectivity index (χ2n) is 9.35. The summed E-state index contributed by atoms with van der Waals surface area (Å²) >= 11 is 4.19. The maximum Gasteiger partial charge on any atom is 0.135 e. The lowest BCUT2D eigenvalue weighted by Gasteiger charge is -2.24. The summed E-state index contributed by atoms with van der Waals surface area (Å²) in [6.45, 7) is 0. The molecule has 0 radical (unpaired) electrons. The van der Waals surface area contributed by atoms with Crippen molar-refractivity contribution in [2.24, 2.45) is 4.40 Å². The van der Waals surface area contributed by atoms with Gasteiger partial charge < -0.3 is 0 Å². The van der Waals surface area contributed by atoms with Crippen LogP contribution in [0.1, 0.15) is 27.8 Å². The van der Waals surface area contributed by atoms with Gasteiger partial charge in [-0.15, -0.1) is 0 Å². The van der Waals surface area contributed by atoms with Gasteiger partial charge in [-0.3, -0.25) is 5.41 Å². The lowest BCUT2D eigenvalue weighted by atomic mass is 9.82. The molecule has 0 unspecified atom stereocenters. The van der Waals surface area contributed by atoms with Crippen LogP contribution in [0.3, 0.4) is 0 Å². The number of pyridine rings is 1. The van der Waals surface area contributed by atoms with Gasteiger partial charge in [0.05, 0.1) is 45.8 Å². The normalized spacial score (nSPS) is 13.4. The van der Waals surface area contributed by atoms with Crippen molar-refractivity contribution in [1.29, 1.82) is 15.9 Å². The summed E-state index contributed by atoms with van der Waals surface area (Å²) in [6.07, 6.45) is 1.91. The van der Waals surface area contributed by atoms with E-state index in [4.69, 9.17) is 10.2 Å². The Hall–Kier alpha value is -5.44. The van der Waals surface area contributed by atoms with E-state index in [0.717, 1.165) is 17.7 Å². The number of hydrogen-bond acceptors (Lipinski definition) is 6. The molecule has 1 heterocycles. The predicted molar refractivity (Wildman–Crippen MR) is 160 cm³/mol. The smallest absolute Gasteiger partial charge is 0.135 e. The highest BCUT2D eigenvalue weighted by molar-refractivity contribution is 7.79. The van der Waals surface area contributed by atoms with E-state index in [2.05, 4.69) is 23.3 Å². The van der Waals surface area contributed by atoms with Crippen molar-refractivity contribution in [3.8, 4) is 34.5 Å². The zero-order valence-electron chi connectivity index (χ0n) is 21.2. The third kappa shape index (κ3) is 4.37. The van der Waals surface area contributed by atoms with Crippen LogP contribution in [0.25, 0.3) is 44.9 Å². The molecule has 6 rings (SSSR count). The first-order valence-electron chi connectivity index (χ1n) is 12.4. The van der Waals surface area contributed by atoms with Crippen molar-refractivity contribution in [2.75, 3.05) is 0 Å². The van der Waals surface area contributed by atoms with Crippen LogP contribution in [0.15, 0.2) is 89.3 Å². The van der Waals surface area contributed by atoms with Gasteiger partial charge in [0.1, 0.15) is 17.3 Å². The average molecular weight is 554 g/mol. The largest absolute Gasteiger partial charge is 0.298 e. The summed E-state index contributed by atoms with van der Waals surface area (Å²) in [4.78, 5) is 4.92. The van der Waals surface area contributed by atoms with Crippen LogP contribution >= 0.6 is 12.8 Å². The molecule has 0 saturated carbocycles. The first kappa shape index (κ1) is 25.8. The second-order valence-corrected chi connectivity index (χ2v) is 9.55. The SMILES string of the molecule is N#Cc1cccc(-c2nc3cc(-c4c(F)cc(C#N)cc4F)ccc3c3c2C=C(c2ccccc2)/C(=N/S)C3=N)c1. The first-order valence-corrected chi connectivity index (χ1v) is 12.8. The average Bonchev–Trinajstić information content (AvgIpc) is 3.00. The summed E-state index contributed by atoms with van der Waals surface area (Å²) in [7, 11) is 0. The van der Waals surface area contributed by atoms with Crippen molar-refractivity contribution in [3.05, 3.63) is 124 Å². The maximum atomic E-state index is 14.9. The van der Waals surface area contributed by atoms with E-state index in [1.54, 1.807) is 42.5 Å². The Morgan fingerprint density at radius 3 is 2.15 bits per heavy atom. The van der Waals surface area contributed by atoms with Gasteiger partial charge in [0, 0.05) is 27.6 Å². The van der Waals surface area contributed by atoms with Crippen molar-refractivity contribution in [1.82, 2.24) is 4.98 Å². The minimum atomic E-state index is -0.867. The number of aromatic nitrogens is 1. The van der Waals surface area contributed by atoms with Crippen molar-refractivity contribution in [3.63, 3.8) is 0 Å². The fraction of sp³-hybridized carbons (Fsp3) is 0. The van der Waals surface area contributed by atoms with Crippen LogP contribution in [0, 0.1) is 39.7 Å². The van der Waals surface area contributed by atoms with E-state index in [1.807, 2.05) is 42.5 Å². The number of nitriles is 2. The van der Waals surface area contributed by atoms with Crippen molar-refractivity contribution >= 4 is 46.8 Å². The van der Waals surface area contributed by atoms with Crippen LogP contribution < -0.4 is 0 Å². The summed E-state index contributed by atoms with van der Waals surface area (Å²) in [5, 5.41) is 28.4. The Balaban J connectivity index is 1.69. The summed E-state index contributed by atoms with van der Waals surface area (Å²) < 4.78 is 34.0. The molecular weight excluding hydrogens is 536 g/mol. The molecule has 0 atom stereocenters. The Morgan fingerprint density at radius 2 is 1.46 bits per heavy atom. The molecule has 0 aliphatic heterocycles. The van der Waals surface area contributed by atoms with E-state index in [1.165, 1.54) is 0 Å². The lowest BCUT2D eigenvalue weighted by Crippen LogP contribution is -2.22. The molecule has 5 aromatic rings. The number of rotatable bonds is 3. The van der Waals surface area contributed by atoms with Crippen LogP contribution in [0.5, 0.6) is 0 Å². The topological polar surface area (TPSA) is 96.7 Å². The highest BCUT2D eigenvalue weighted by atomic mass is 32.1. The Bertz CT molecular complexity index is 2050. The van der Waals surface area contributed by atoms with Gasteiger partial charge in [0.25, 0.3) is 0 Å². The maximum absolute atomic E-state index is 14.9. The van der Waals surface area contributed by atoms with Gasteiger partial charge in [-0.25, -0.2) is 18.2 Å². The molecule has 0 fully saturated rings. The van der Waals surface area contributed by atoms with E-state index >= 15 is 0 Å². The number of fused-ring (bicyclic) bond motifs is 3. The predicted octanol–water partition coefficient (Wildman–Crippen LogP) is 7.80. The van der Waals surface area contributed by atoms with Crippen LogP contribution in [-0.2, 0) is 0 Å². The minimum absolute atomic E-state index is 0.116. The lowest BCUT2D eigenvalue weighted by molar-refractivity contribution is 0.589. The second kappa shape index (κ2) is 10.3. The number of nitrogens with one attached hydrogen (secondary N) is 1. The molecule has 41 heavy (non-hydrogen) atoms. The standard InChI is InChI=1S/C33H17F2N5S/c34-26-12-19(17-37)13-27(35)29(26)21-9-10-23-28(14-21)39-32(22-8-4-5-18(11-22)16-36)25-15-24(20-6-2-1-3-7-20)33(40-41)31(38)30(23)25/h1-15,38,41H/b38-31?,40-33-. The number of allylic oxidation sites excluding steroid dienone is 1. The van der Waals surface area contributed by atoms with Gasteiger partial charge in [0.15, 0.2) is 0 Å². The molecule has 0 spiro atoms. The van der Waals surface area contributed by atoms with Crippen molar-refractivity contribution < 1.29 is 8.78 Å². The third-order valence-electron chi connectivity index (χ3n) is 6.96. The monoisotopic (exact) mass is 553 g/mol. The molecule has 4 aromatic carbocycles.